The largest absolute Gasteiger partial charge is 0.507 e. The van der Waals surface area contributed by atoms with Gasteiger partial charge in [0.2, 0.25) is 11.8 Å². The molecule has 3 aromatic carbocycles. The van der Waals surface area contributed by atoms with Crippen LogP contribution in [-0.2, 0) is 4.79 Å². The number of allylic oxidation sites excluding steroid dienone is 1. The first-order valence-electron chi connectivity index (χ1n) is 9.84. The molecule has 0 saturated heterocycles. The normalized spacial score (nSPS) is 12.1. The standard InChI is InChI=1S/C25H17F3N2O3/c1-15-2-4-19(5-3-15)23-29-30-24(33-23)20-12-8-17(9-13-20)16-6-10-18(11-7-16)21(31)14-22(32)25(26,27)28/h2-14,31H,1H3/b21-14-. The van der Waals surface area contributed by atoms with Crippen molar-refractivity contribution in [3.05, 3.63) is 90.0 Å². The number of halogens is 3. The lowest BCUT2D eigenvalue weighted by Gasteiger charge is -2.06. The second-order valence-electron chi connectivity index (χ2n) is 7.32. The maximum atomic E-state index is 12.3. The maximum Gasteiger partial charge on any atom is 0.454 e. The van der Waals surface area contributed by atoms with Gasteiger partial charge in [0.25, 0.3) is 5.78 Å². The molecule has 1 N–H and O–H groups in total. The van der Waals surface area contributed by atoms with Crippen LogP contribution in [-0.4, -0.2) is 27.3 Å². The first kappa shape index (κ1) is 22.0. The molecule has 0 radical (unpaired) electrons. The number of benzene rings is 3. The van der Waals surface area contributed by atoms with E-state index in [1.807, 2.05) is 55.5 Å². The lowest BCUT2D eigenvalue weighted by Crippen LogP contribution is -2.20. The van der Waals surface area contributed by atoms with Crippen molar-refractivity contribution in [2.24, 2.45) is 0 Å². The molecule has 0 aliphatic carbocycles. The van der Waals surface area contributed by atoms with E-state index in [0.717, 1.165) is 27.8 Å². The van der Waals surface area contributed by atoms with Gasteiger partial charge in [-0.25, -0.2) is 0 Å². The summed E-state index contributed by atoms with van der Waals surface area (Å²) in [6.07, 6.45) is -4.87. The molecule has 4 rings (SSSR count). The molecule has 1 heterocycles. The molecule has 0 unspecified atom stereocenters. The van der Waals surface area contributed by atoms with Gasteiger partial charge >= 0.3 is 6.18 Å². The molecule has 0 bridgehead atoms. The average molecular weight is 450 g/mol. The van der Waals surface area contributed by atoms with Gasteiger partial charge in [-0.05, 0) is 42.3 Å². The first-order valence-corrected chi connectivity index (χ1v) is 9.84. The van der Waals surface area contributed by atoms with Crippen molar-refractivity contribution >= 4 is 11.5 Å². The molecule has 0 aliphatic rings. The van der Waals surface area contributed by atoms with Crippen molar-refractivity contribution in [3.8, 4) is 34.0 Å². The van der Waals surface area contributed by atoms with E-state index in [4.69, 9.17) is 4.42 Å². The fourth-order valence-corrected chi connectivity index (χ4v) is 3.08. The molecule has 5 nitrogen and oxygen atoms in total. The topological polar surface area (TPSA) is 76.2 Å². The molecule has 166 valence electrons. The number of carbonyl (C=O) groups is 1. The summed E-state index contributed by atoms with van der Waals surface area (Å²) in [4.78, 5) is 11.0. The molecule has 0 amide bonds. The molecule has 0 saturated carbocycles. The van der Waals surface area contributed by atoms with Gasteiger partial charge in [0.15, 0.2) is 0 Å². The summed E-state index contributed by atoms with van der Waals surface area (Å²) in [5, 5.41) is 18.0. The summed E-state index contributed by atoms with van der Waals surface area (Å²) >= 11 is 0. The van der Waals surface area contributed by atoms with E-state index in [-0.39, 0.29) is 11.6 Å². The zero-order valence-corrected chi connectivity index (χ0v) is 17.3. The Kier molecular flexibility index (Phi) is 5.83. The van der Waals surface area contributed by atoms with E-state index in [1.54, 1.807) is 12.1 Å². The summed E-state index contributed by atoms with van der Waals surface area (Å²) < 4.78 is 42.8. The third kappa shape index (κ3) is 5.01. The minimum atomic E-state index is -5.03. The molecule has 33 heavy (non-hydrogen) atoms. The second-order valence-corrected chi connectivity index (χ2v) is 7.32. The second kappa shape index (κ2) is 8.74. The summed E-state index contributed by atoms with van der Waals surface area (Å²) in [5.74, 6) is -2.08. The minimum Gasteiger partial charge on any atom is -0.507 e. The van der Waals surface area contributed by atoms with E-state index >= 15 is 0 Å². The highest BCUT2D eigenvalue weighted by atomic mass is 19.4. The van der Waals surface area contributed by atoms with Crippen molar-refractivity contribution in [2.45, 2.75) is 13.1 Å². The summed E-state index contributed by atoms with van der Waals surface area (Å²) in [6, 6.07) is 21.2. The number of aliphatic hydroxyl groups excluding tert-OH is 1. The average Bonchev–Trinajstić information content (AvgIpc) is 3.29. The van der Waals surface area contributed by atoms with Crippen LogP contribution in [0.4, 0.5) is 13.2 Å². The Hall–Kier alpha value is -4.20. The number of aromatic nitrogens is 2. The van der Waals surface area contributed by atoms with Crippen LogP contribution in [0.5, 0.6) is 0 Å². The van der Waals surface area contributed by atoms with Gasteiger partial charge < -0.3 is 9.52 Å². The molecular weight excluding hydrogens is 433 g/mol. The van der Waals surface area contributed by atoms with Gasteiger partial charge in [-0.3, -0.25) is 4.79 Å². The Balaban J connectivity index is 1.50. The number of aliphatic hydroxyl groups is 1. The van der Waals surface area contributed by atoms with Crippen LogP contribution in [0.15, 0.2) is 83.3 Å². The van der Waals surface area contributed by atoms with Crippen molar-refractivity contribution < 1.29 is 27.5 Å². The quantitative estimate of drug-likeness (QED) is 0.281. The zero-order chi connectivity index (χ0) is 23.6. The van der Waals surface area contributed by atoms with Crippen LogP contribution in [0.1, 0.15) is 11.1 Å². The zero-order valence-electron chi connectivity index (χ0n) is 17.3. The minimum absolute atomic E-state index is 0.0995. The molecule has 0 aliphatic heterocycles. The van der Waals surface area contributed by atoms with Gasteiger partial charge in [-0.1, -0.05) is 54.1 Å². The number of ketones is 1. The number of nitrogens with zero attached hydrogens (tertiary/aromatic N) is 2. The van der Waals surface area contributed by atoms with Gasteiger partial charge in [0.05, 0.1) is 0 Å². The molecule has 8 heteroatoms. The molecule has 0 fully saturated rings. The molecule has 0 spiro atoms. The van der Waals surface area contributed by atoms with Gasteiger partial charge in [0, 0.05) is 22.8 Å². The predicted octanol–water partition coefficient (Wildman–Crippen LogP) is 6.41. The lowest BCUT2D eigenvalue weighted by molar-refractivity contribution is -0.165. The maximum absolute atomic E-state index is 12.3. The molecular formula is C25H17F3N2O3. The molecule has 1 aromatic heterocycles. The highest BCUT2D eigenvalue weighted by Crippen LogP contribution is 2.28. The number of alkyl halides is 3. The van der Waals surface area contributed by atoms with E-state index < -0.39 is 17.7 Å². The smallest absolute Gasteiger partial charge is 0.454 e. The number of aryl methyl sites for hydroxylation is 1. The summed E-state index contributed by atoms with van der Waals surface area (Å²) in [5.41, 5.74) is 4.38. The number of rotatable bonds is 5. The van der Waals surface area contributed by atoms with Crippen molar-refractivity contribution in [2.75, 3.05) is 0 Å². The Bertz CT molecular complexity index is 1310. The van der Waals surface area contributed by atoms with E-state index in [9.17, 15) is 23.1 Å². The highest BCUT2D eigenvalue weighted by molar-refractivity contribution is 5.99. The fourth-order valence-electron chi connectivity index (χ4n) is 3.08. The number of hydrogen-bond donors (Lipinski definition) is 1. The van der Waals surface area contributed by atoms with Crippen molar-refractivity contribution in [3.63, 3.8) is 0 Å². The first-order chi connectivity index (χ1) is 15.7. The Morgan fingerprint density at radius 2 is 1.21 bits per heavy atom. The monoisotopic (exact) mass is 450 g/mol. The molecule has 0 atom stereocenters. The highest BCUT2D eigenvalue weighted by Gasteiger charge is 2.37. The van der Waals surface area contributed by atoms with E-state index in [0.29, 0.717) is 11.8 Å². The van der Waals surface area contributed by atoms with Gasteiger partial charge in [-0.15, -0.1) is 10.2 Å². The summed E-state index contributed by atoms with van der Waals surface area (Å²) in [7, 11) is 0. The number of carbonyl (C=O) groups excluding carboxylic acids is 1. The molecule has 4 aromatic rings. The van der Waals surface area contributed by atoms with Gasteiger partial charge in [0.1, 0.15) is 5.76 Å². The van der Waals surface area contributed by atoms with Crippen LogP contribution >= 0.6 is 0 Å². The Morgan fingerprint density at radius 3 is 1.70 bits per heavy atom. The third-order valence-electron chi connectivity index (χ3n) is 4.92. The van der Waals surface area contributed by atoms with E-state index in [2.05, 4.69) is 10.2 Å². The van der Waals surface area contributed by atoms with Gasteiger partial charge in [-0.2, -0.15) is 13.2 Å². The van der Waals surface area contributed by atoms with Crippen molar-refractivity contribution in [1.29, 1.82) is 0 Å². The lowest BCUT2D eigenvalue weighted by atomic mass is 10.0. The fraction of sp³-hybridized carbons (Fsp3) is 0.0800. The number of hydrogen-bond acceptors (Lipinski definition) is 5. The Morgan fingerprint density at radius 1 is 0.788 bits per heavy atom. The van der Waals surface area contributed by atoms with Crippen LogP contribution in [0.2, 0.25) is 0 Å². The van der Waals surface area contributed by atoms with Crippen LogP contribution in [0.3, 0.4) is 0 Å². The Labute approximate surface area is 186 Å². The third-order valence-corrected chi connectivity index (χ3v) is 4.92. The van der Waals surface area contributed by atoms with Crippen molar-refractivity contribution in [1.82, 2.24) is 10.2 Å². The SMILES string of the molecule is Cc1ccc(-c2nnc(-c3ccc(-c4ccc(/C(O)=C/C(=O)C(F)(F)F)cc4)cc3)o2)cc1. The van der Waals surface area contributed by atoms with Crippen LogP contribution in [0, 0.1) is 6.92 Å². The summed E-state index contributed by atoms with van der Waals surface area (Å²) in [6.45, 7) is 1.99. The van der Waals surface area contributed by atoms with Crippen LogP contribution < -0.4 is 0 Å². The van der Waals surface area contributed by atoms with E-state index in [1.165, 1.54) is 12.1 Å². The van der Waals surface area contributed by atoms with Crippen LogP contribution in [0.25, 0.3) is 39.8 Å². The predicted molar refractivity (Wildman–Crippen MR) is 117 cm³/mol.